The van der Waals surface area contributed by atoms with Crippen molar-refractivity contribution in [2.24, 2.45) is 7.05 Å². The molecule has 2 aromatic carbocycles. The van der Waals surface area contributed by atoms with Crippen molar-refractivity contribution in [2.45, 2.75) is 40.0 Å². The minimum absolute atomic E-state index is 0.267. The summed E-state index contributed by atoms with van der Waals surface area (Å²) < 4.78 is 15.3. The maximum absolute atomic E-state index is 13.5. The number of carbonyl (C=O) groups excluding carboxylic acids is 1. The number of hydrogen-bond donors (Lipinski definition) is 0. The Morgan fingerprint density at radius 2 is 1.76 bits per heavy atom. The third-order valence-electron chi connectivity index (χ3n) is 6.11. The van der Waals surface area contributed by atoms with Crippen LogP contribution in [0.25, 0.3) is 11.8 Å². The summed E-state index contributed by atoms with van der Waals surface area (Å²) in [6, 6.07) is 14.9. The number of hydrogen-bond acceptors (Lipinski definition) is 6. The lowest BCUT2D eigenvalue weighted by atomic mass is 10.1. The second-order valence-electron chi connectivity index (χ2n) is 8.62. The molecule has 0 atom stereocenters. The highest BCUT2D eigenvalue weighted by Crippen LogP contribution is 2.37. The van der Waals surface area contributed by atoms with Gasteiger partial charge in [-0.2, -0.15) is 0 Å². The Hall–Kier alpha value is -3.30. The Balaban J connectivity index is 1.64. The van der Waals surface area contributed by atoms with Crippen molar-refractivity contribution < 1.29 is 14.3 Å². The third-order valence-corrected chi connectivity index (χ3v) is 7.41. The van der Waals surface area contributed by atoms with E-state index in [-0.39, 0.29) is 17.2 Å². The van der Waals surface area contributed by atoms with Gasteiger partial charge in [-0.05, 0) is 56.2 Å². The normalized spacial score (nSPS) is 14.6. The molecule has 4 rings (SSSR count). The fraction of sp³-hybridized carbons (Fsp3) is 0.321. The van der Waals surface area contributed by atoms with Crippen molar-refractivity contribution in [3.63, 3.8) is 0 Å². The summed E-state index contributed by atoms with van der Waals surface area (Å²) in [4.78, 5) is 28.8. The Bertz CT molecular complexity index is 1390. The topological polar surface area (TPSA) is 65.7 Å². The van der Waals surface area contributed by atoms with Crippen molar-refractivity contribution in [2.75, 3.05) is 18.1 Å². The average Bonchev–Trinajstić information content (AvgIpc) is 3.28. The van der Waals surface area contributed by atoms with Gasteiger partial charge in [0, 0.05) is 7.05 Å². The van der Waals surface area contributed by atoms with E-state index in [1.54, 1.807) is 22.5 Å². The molecular weight excluding hydrogens is 506 g/mol. The van der Waals surface area contributed by atoms with Gasteiger partial charge in [-0.1, -0.05) is 68.0 Å². The second-order valence-corrected chi connectivity index (χ2v) is 10.3. The smallest absolute Gasteiger partial charge is 0.296 e. The summed E-state index contributed by atoms with van der Waals surface area (Å²) in [5, 5.41) is 0. The van der Waals surface area contributed by atoms with E-state index in [2.05, 4.69) is 6.92 Å². The molecule has 0 saturated carbocycles. The van der Waals surface area contributed by atoms with Crippen LogP contribution in [0.3, 0.4) is 0 Å². The highest BCUT2D eigenvalue weighted by atomic mass is 32.2. The van der Waals surface area contributed by atoms with E-state index in [1.807, 2.05) is 62.4 Å². The van der Waals surface area contributed by atoms with Crippen molar-refractivity contribution in [1.82, 2.24) is 9.36 Å². The van der Waals surface area contributed by atoms with Gasteiger partial charge in [-0.25, -0.2) is 4.68 Å². The van der Waals surface area contributed by atoms with Crippen LogP contribution >= 0.6 is 24.0 Å². The van der Waals surface area contributed by atoms with Crippen molar-refractivity contribution >= 4 is 46.0 Å². The molecule has 0 N–H and O–H groups in total. The lowest BCUT2D eigenvalue weighted by molar-refractivity contribution is -0.113. The Morgan fingerprint density at radius 3 is 2.46 bits per heavy atom. The van der Waals surface area contributed by atoms with Gasteiger partial charge in [0.1, 0.15) is 5.69 Å². The number of aromatic nitrogens is 2. The lowest BCUT2D eigenvalue weighted by Crippen LogP contribution is -2.33. The Kier molecular flexibility index (Phi) is 8.56. The van der Waals surface area contributed by atoms with E-state index in [0.29, 0.717) is 45.3 Å². The van der Waals surface area contributed by atoms with E-state index in [1.165, 1.54) is 16.7 Å². The first kappa shape index (κ1) is 26.8. The van der Waals surface area contributed by atoms with Gasteiger partial charge < -0.3 is 9.47 Å². The van der Waals surface area contributed by atoms with Crippen LogP contribution in [0.4, 0.5) is 5.69 Å². The molecule has 1 aliphatic heterocycles. The number of anilines is 1. The monoisotopic (exact) mass is 537 g/mol. The summed E-state index contributed by atoms with van der Waals surface area (Å²) in [5.41, 5.74) is 2.12. The van der Waals surface area contributed by atoms with E-state index >= 15 is 0 Å². The van der Waals surface area contributed by atoms with Gasteiger partial charge in [0.05, 0.1) is 29.5 Å². The molecule has 0 aliphatic carbocycles. The Labute approximate surface area is 226 Å². The van der Waals surface area contributed by atoms with E-state index in [4.69, 9.17) is 21.7 Å². The first-order valence-corrected chi connectivity index (χ1v) is 13.6. The standard InChI is InChI=1S/C28H31N3O4S2/c1-5-7-11-16-35-22-15-14-20(17-23(22)34-6-2)18-24-26(32)30(28(36)37-24)25-19(3)29(4)31(27(25)33)21-12-9-8-10-13-21/h8-10,12-15,17-18H,5-7,11,16H2,1-4H3. The fourth-order valence-corrected chi connectivity index (χ4v) is 5.43. The summed E-state index contributed by atoms with van der Waals surface area (Å²) in [6.07, 6.45) is 5.00. The van der Waals surface area contributed by atoms with Gasteiger partial charge in [0.25, 0.3) is 11.5 Å². The van der Waals surface area contributed by atoms with Gasteiger partial charge in [-0.15, -0.1) is 0 Å². The van der Waals surface area contributed by atoms with Crippen LogP contribution in [0.15, 0.2) is 58.2 Å². The van der Waals surface area contributed by atoms with Crippen LogP contribution in [0, 0.1) is 6.92 Å². The minimum atomic E-state index is -0.320. The zero-order valence-corrected chi connectivity index (χ0v) is 23.2. The van der Waals surface area contributed by atoms with Gasteiger partial charge in [-0.3, -0.25) is 19.2 Å². The maximum atomic E-state index is 13.5. The molecule has 1 saturated heterocycles. The number of amides is 1. The molecule has 0 unspecified atom stereocenters. The number of para-hydroxylation sites is 1. The molecule has 1 fully saturated rings. The first-order chi connectivity index (χ1) is 17.9. The predicted molar refractivity (Wildman–Crippen MR) is 154 cm³/mol. The molecule has 0 spiro atoms. The van der Waals surface area contributed by atoms with E-state index < -0.39 is 0 Å². The van der Waals surface area contributed by atoms with Crippen LogP contribution in [0.5, 0.6) is 11.5 Å². The number of unbranched alkanes of at least 4 members (excludes halogenated alkanes) is 2. The summed E-state index contributed by atoms with van der Waals surface area (Å²) in [6.45, 7) is 7.01. The molecular formula is C28H31N3O4S2. The molecule has 9 heteroatoms. The molecule has 7 nitrogen and oxygen atoms in total. The van der Waals surface area contributed by atoms with E-state index in [0.717, 1.165) is 24.8 Å². The fourth-order valence-electron chi connectivity index (χ4n) is 4.16. The van der Waals surface area contributed by atoms with Gasteiger partial charge >= 0.3 is 0 Å². The first-order valence-electron chi connectivity index (χ1n) is 12.4. The zero-order valence-electron chi connectivity index (χ0n) is 21.5. The zero-order chi connectivity index (χ0) is 26.5. The van der Waals surface area contributed by atoms with Crippen LogP contribution in [0.2, 0.25) is 0 Å². The molecule has 1 aromatic heterocycles. The van der Waals surface area contributed by atoms with Gasteiger partial charge in [0.15, 0.2) is 15.8 Å². The molecule has 194 valence electrons. The largest absolute Gasteiger partial charge is 0.490 e. The quantitative estimate of drug-likeness (QED) is 0.183. The molecule has 3 aromatic rings. The van der Waals surface area contributed by atoms with Crippen LogP contribution in [-0.4, -0.2) is 32.8 Å². The second kappa shape index (κ2) is 11.8. The number of nitrogens with zero attached hydrogens (tertiary/aromatic N) is 3. The highest BCUT2D eigenvalue weighted by Gasteiger charge is 2.37. The molecule has 0 radical (unpaired) electrons. The number of thiocarbonyl (C=S) groups is 1. The van der Waals surface area contributed by atoms with Crippen molar-refractivity contribution in [1.29, 1.82) is 0 Å². The van der Waals surface area contributed by atoms with Crippen molar-refractivity contribution in [3.8, 4) is 17.2 Å². The molecule has 1 amide bonds. The van der Waals surface area contributed by atoms with Crippen LogP contribution < -0.4 is 19.9 Å². The minimum Gasteiger partial charge on any atom is -0.490 e. The SMILES string of the molecule is CCCCCOc1ccc(C=C2SC(=S)N(c3c(C)n(C)n(-c4ccccc4)c3=O)C2=O)cc1OCC. The van der Waals surface area contributed by atoms with Crippen LogP contribution in [-0.2, 0) is 11.8 Å². The lowest BCUT2D eigenvalue weighted by Gasteiger charge is -2.13. The maximum Gasteiger partial charge on any atom is 0.296 e. The molecule has 37 heavy (non-hydrogen) atoms. The number of ether oxygens (including phenoxy) is 2. The summed E-state index contributed by atoms with van der Waals surface area (Å²) in [5.74, 6) is 0.996. The number of benzene rings is 2. The summed E-state index contributed by atoms with van der Waals surface area (Å²) >= 11 is 6.75. The van der Waals surface area contributed by atoms with E-state index in [9.17, 15) is 9.59 Å². The van der Waals surface area contributed by atoms with Crippen molar-refractivity contribution in [3.05, 3.63) is 75.0 Å². The third kappa shape index (κ3) is 5.52. The molecule has 0 bridgehead atoms. The van der Waals surface area contributed by atoms with Gasteiger partial charge in [0.2, 0.25) is 0 Å². The molecule has 1 aliphatic rings. The molecule has 2 heterocycles. The Morgan fingerprint density at radius 1 is 1.00 bits per heavy atom. The summed E-state index contributed by atoms with van der Waals surface area (Å²) in [7, 11) is 1.79. The number of rotatable bonds is 10. The number of carbonyl (C=O) groups is 1. The predicted octanol–water partition coefficient (Wildman–Crippen LogP) is 5.86. The van der Waals surface area contributed by atoms with Crippen LogP contribution in [0.1, 0.15) is 44.4 Å². The average molecular weight is 538 g/mol. The number of thioether (sulfide) groups is 1. The highest BCUT2D eigenvalue weighted by molar-refractivity contribution is 8.27.